The van der Waals surface area contributed by atoms with Crippen molar-refractivity contribution in [1.82, 2.24) is 10.6 Å². The number of amides is 2. The van der Waals surface area contributed by atoms with Crippen molar-refractivity contribution < 1.29 is 14.3 Å². The Balaban J connectivity index is 1.89. The number of carbonyl (C=O) groups excluding carboxylic acids is 2. The van der Waals surface area contributed by atoms with Gasteiger partial charge in [-0.15, -0.1) is 0 Å². The van der Waals surface area contributed by atoms with Gasteiger partial charge in [0.05, 0.1) is 11.6 Å². The highest BCUT2D eigenvalue weighted by atomic mass is 79.9. The minimum Gasteiger partial charge on any atom is -0.459 e. The van der Waals surface area contributed by atoms with E-state index in [0.717, 1.165) is 35.7 Å². The molecule has 1 aromatic carbocycles. The summed E-state index contributed by atoms with van der Waals surface area (Å²) in [6.07, 6.45) is 5.20. The van der Waals surface area contributed by atoms with Gasteiger partial charge in [-0.2, -0.15) is 0 Å². The van der Waals surface area contributed by atoms with Crippen molar-refractivity contribution in [2.24, 2.45) is 0 Å². The Kier molecular flexibility index (Phi) is 5.23. The second-order valence-electron chi connectivity index (χ2n) is 6.26. The van der Waals surface area contributed by atoms with Crippen molar-refractivity contribution in [2.45, 2.75) is 51.2 Å². The number of ether oxygens (including phenoxy) is 1. The third-order valence-corrected chi connectivity index (χ3v) is 5.25. The van der Waals surface area contributed by atoms with E-state index < -0.39 is 6.04 Å². The first-order chi connectivity index (χ1) is 11.6. The third-order valence-electron chi connectivity index (χ3n) is 4.53. The first-order valence-electron chi connectivity index (χ1n) is 8.30. The van der Waals surface area contributed by atoms with Crippen LogP contribution in [0.1, 0.15) is 50.6 Å². The molecule has 0 radical (unpaired) electrons. The quantitative estimate of drug-likeness (QED) is 0.765. The number of carbonyl (C=O) groups is 2. The first-order valence-corrected chi connectivity index (χ1v) is 9.09. The normalized spacial score (nSPS) is 21.9. The van der Waals surface area contributed by atoms with Crippen LogP contribution in [0.25, 0.3) is 0 Å². The van der Waals surface area contributed by atoms with Crippen LogP contribution in [0.3, 0.4) is 0 Å². The van der Waals surface area contributed by atoms with Gasteiger partial charge in [0.1, 0.15) is 6.10 Å². The molecule has 2 aliphatic rings. The molecule has 0 unspecified atom stereocenters. The molecule has 3 rings (SSSR count). The summed E-state index contributed by atoms with van der Waals surface area (Å²) in [6, 6.07) is 6.72. The van der Waals surface area contributed by atoms with Crippen LogP contribution in [0.15, 0.2) is 40.0 Å². The Morgan fingerprint density at radius 3 is 2.62 bits per heavy atom. The van der Waals surface area contributed by atoms with Crippen molar-refractivity contribution in [1.29, 1.82) is 0 Å². The molecule has 0 aromatic heterocycles. The zero-order valence-corrected chi connectivity index (χ0v) is 15.2. The Bertz CT molecular complexity index is 681. The van der Waals surface area contributed by atoms with Crippen LogP contribution in [0, 0.1) is 0 Å². The molecule has 128 valence electrons. The maximum atomic E-state index is 12.8. The van der Waals surface area contributed by atoms with E-state index in [4.69, 9.17) is 4.74 Å². The van der Waals surface area contributed by atoms with Crippen LogP contribution in [-0.2, 0) is 9.53 Å². The van der Waals surface area contributed by atoms with Crippen LogP contribution >= 0.6 is 15.9 Å². The van der Waals surface area contributed by atoms with E-state index in [-0.39, 0.29) is 18.1 Å². The summed E-state index contributed by atoms with van der Waals surface area (Å²) >= 11 is 3.50. The number of hydrogen-bond acceptors (Lipinski definition) is 3. The molecule has 2 N–H and O–H groups in total. The summed E-state index contributed by atoms with van der Waals surface area (Å²) in [6.45, 7) is 1.74. The molecule has 1 aliphatic carbocycles. The second kappa shape index (κ2) is 7.38. The molecule has 0 spiro atoms. The number of rotatable bonds is 3. The van der Waals surface area contributed by atoms with E-state index in [1.165, 1.54) is 6.42 Å². The fourth-order valence-corrected chi connectivity index (χ4v) is 3.82. The van der Waals surface area contributed by atoms with Crippen LogP contribution < -0.4 is 10.6 Å². The van der Waals surface area contributed by atoms with Crippen LogP contribution in [0.5, 0.6) is 0 Å². The van der Waals surface area contributed by atoms with Gasteiger partial charge in [0.25, 0.3) is 0 Å². The van der Waals surface area contributed by atoms with E-state index >= 15 is 0 Å². The van der Waals surface area contributed by atoms with E-state index in [1.54, 1.807) is 6.92 Å². The minimum absolute atomic E-state index is 0.0240. The Hall–Kier alpha value is -1.82. The van der Waals surface area contributed by atoms with E-state index in [2.05, 4.69) is 26.6 Å². The molecule has 6 heteroatoms. The molecule has 2 amide bonds. The van der Waals surface area contributed by atoms with Crippen molar-refractivity contribution in [3.05, 3.63) is 45.6 Å². The van der Waals surface area contributed by atoms with Gasteiger partial charge < -0.3 is 15.4 Å². The smallest absolute Gasteiger partial charge is 0.338 e. The first kappa shape index (κ1) is 17.0. The number of nitrogens with one attached hydrogen (secondary N) is 2. The highest BCUT2D eigenvalue weighted by Gasteiger charge is 2.34. The zero-order valence-electron chi connectivity index (χ0n) is 13.6. The van der Waals surface area contributed by atoms with Gasteiger partial charge in [0.2, 0.25) is 0 Å². The predicted octanol–water partition coefficient (Wildman–Crippen LogP) is 3.95. The molecule has 0 bridgehead atoms. The maximum Gasteiger partial charge on any atom is 0.338 e. The summed E-state index contributed by atoms with van der Waals surface area (Å²) < 4.78 is 6.57. The van der Waals surface area contributed by atoms with Crippen LogP contribution in [0.4, 0.5) is 4.79 Å². The number of halogens is 1. The fraction of sp³-hybridized carbons (Fsp3) is 0.444. The summed E-state index contributed by atoms with van der Waals surface area (Å²) in [5.74, 6) is -0.354. The Morgan fingerprint density at radius 1 is 1.21 bits per heavy atom. The minimum atomic E-state index is -0.523. The molecule has 1 aromatic rings. The van der Waals surface area contributed by atoms with Gasteiger partial charge in [0.15, 0.2) is 0 Å². The number of urea groups is 1. The molecule has 1 saturated carbocycles. The monoisotopic (exact) mass is 392 g/mol. The molecule has 1 fully saturated rings. The summed E-state index contributed by atoms with van der Waals surface area (Å²) in [4.78, 5) is 24.7. The molecular weight excluding hydrogens is 372 g/mol. The largest absolute Gasteiger partial charge is 0.459 e. The third kappa shape index (κ3) is 3.64. The second-order valence-corrected chi connectivity index (χ2v) is 7.11. The molecule has 24 heavy (non-hydrogen) atoms. The van der Waals surface area contributed by atoms with Crippen molar-refractivity contribution in [3.63, 3.8) is 0 Å². The van der Waals surface area contributed by atoms with Gasteiger partial charge in [-0.3, -0.25) is 0 Å². The molecule has 1 aliphatic heterocycles. The molecule has 1 heterocycles. The fourth-order valence-electron chi connectivity index (χ4n) is 3.30. The zero-order chi connectivity index (χ0) is 17.1. The van der Waals surface area contributed by atoms with Gasteiger partial charge in [-0.25, -0.2) is 9.59 Å². The van der Waals surface area contributed by atoms with E-state index in [9.17, 15) is 9.59 Å². The van der Waals surface area contributed by atoms with Crippen molar-refractivity contribution in [3.8, 4) is 0 Å². The van der Waals surface area contributed by atoms with Gasteiger partial charge in [-0.1, -0.05) is 40.5 Å². The maximum absolute atomic E-state index is 12.8. The van der Waals surface area contributed by atoms with E-state index in [0.29, 0.717) is 11.3 Å². The SMILES string of the molecule is CC1=C(C(=O)OC2CCCCC2)[C@@H](c2ccccc2Br)NC(=O)N1. The Labute approximate surface area is 150 Å². The van der Waals surface area contributed by atoms with Gasteiger partial charge in [-0.05, 0) is 44.2 Å². The average Bonchev–Trinajstić information content (AvgIpc) is 2.55. The van der Waals surface area contributed by atoms with Crippen molar-refractivity contribution >= 4 is 27.9 Å². The highest BCUT2D eigenvalue weighted by molar-refractivity contribution is 9.10. The van der Waals surface area contributed by atoms with E-state index in [1.807, 2.05) is 24.3 Å². The lowest BCUT2D eigenvalue weighted by atomic mass is 9.94. The molecule has 1 atom stereocenters. The van der Waals surface area contributed by atoms with Crippen molar-refractivity contribution in [2.75, 3.05) is 0 Å². The van der Waals surface area contributed by atoms with Crippen LogP contribution in [0.2, 0.25) is 0 Å². The Morgan fingerprint density at radius 2 is 1.92 bits per heavy atom. The lowest BCUT2D eigenvalue weighted by molar-refractivity contribution is -0.146. The predicted molar refractivity (Wildman–Crippen MR) is 94.2 cm³/mol. The summed E-state index contributed by atoms with van der Waals surface area (Å²) in [7, 11) is 0. The standard InChI is InChI=1S/C18H21BrN2O3/c1-11-15(17(22)24-12-7-3-2-4-8-12)16(21-18(23)20-11)13-9-5-6-10-14(13)19/h5-6,9-10,12,16H,2-4,7-8H2,1H3,(H2,20,21,23)/t16-/m1/s1. The van der Waals surface area contributed by atoms with Crippen LogP contribution in [-0.4, -0.2) is 18.1 Å². The number of allylic oxidation sites excluding steroid dienone is 1. The summed E-state index contributed by atoms with van der Waals surface area (Å²) in [5.41, 5.74) is 1.84. The number of hydrogen-bond donors (Lipinski definition) is 2. The lowest BCUT2D eigenvalue weighted by Crippen LogP contribution is -2.45. The average molecular weight is 393 g/mol. The molecular formula is C18H21BrN2O3. The number of benzene rings is 1. The molecule has 0 saturated heterocycles. The topological polar surface area (TPSA) is 67.4 Å². The van der Waals surface area contributed by atoms with Gasteiger partial charge in [0, 0.05) is 10.2 Å². The number of esters is 1. The lowest BCUT2D eigenvalue weighted by Gasteiger charge is -2.30. The molecule has 5 nitrogen and oxygen atoms in total. The summed E-state index contributed by atoms with van der Waals surface area (Å²) in [5, 5.41) is 5.51. The van der Waals surface area contributed by atoms with Gasteiger partial charge >= 0.3 is 12.0 Å². The highest BCUT2D eigenvalue weighted by Crippen LogP contribution is 2.33.